The number of anilines is 1. The Hall–Kier alpha value is -1.85. The molecule has 17 heavy (non-hydrogen) atoms. The van der Waals surface area contributed by atoms with Crippen molar-refractivity contribution in [3.05, 3.63) is 22.2 Å². The highest BCUT2D eigenvalue weighted by atomic mass is 16.1. The minimum Gasteiger partial charge on any atom is -0.369 e. The summed E-state index contributed by atoms with van der Waals surface area (Å²) in [4.78, 5) is 29.5. The van der Waals surface area contributed by atoms with Crippen LogP contribution in [0.15, 0.2) is 10.9 Å². The van der Waals surface area contributed by atoms with E-state index < -0.39 is 0 Å². The molecule has 2 rings (SSSR count). The van der Waals surface area contributed by atoms with Crippen LogP contribution in [-0.4, -0.2) is 29.5 Å². The number of carbonyl (C=O) groups is 1. The van der Waals surface area contributed by atoms with Gasteiger partial charge in [0, 0.05) is 32.0 Å². The lowest BCUT2D eigenvalue weighted by atomic mass is 10.3. The molecule has 1 aromatic rings. The Kier molecular flexibility index (Phi) is 3.41. The predicted molar refractivity (Wildman–Crippen MR) is 64.0 cm³/mol. The fraction of sp³-hybridized carbons (Fsp3) is 0.545. The lowest BCUT2D eigenvalue weighted by molar-refractivity contribution is -0.120. The molecule has 6 heteroatoms. The van der Waals surface area contributed by atoms with E-state index in [1.54, 1.807) is 7.05 Å². The van der Waals surface area contributed by atoms with Crippen LogP contribution in [0.2, 0.25) is 0 Å². The number of H-pyrrole nitrogens is 1. The van der Waals surface area contributed by atoms with Gasteiger partial charge in [-0.25, -0.2) is 4.98 Å². The van der Waals surface area contributed by atoms with Crippen LogP contribution in [0.3, 0.4) is 0 Å². The van der Waals surface area contributed by atoms with Gasteiger partial charge in [0.2, 0.25) is 5.91 Å². The number of aromatic amines is 1. The highest BCUT2D eigenvalue weighted by molar-refractivity contribution is 5.75. The third kappa shape index (κ3) is 3.30. The summed E-state index contributed by atoms with van der Waals surface area (Å²) in [5.74, 6) is 1.66. The summed E-state index contributed by atoms with van der Waals surface area (Å²) in [6.07, 6.45) is 2.54. The van der Waals surface area contributed by atoms with Crippen LogP contribution >= 0.6 is 0 Å². The zero-order valence-electron chi connectivity index (χ0n) is 9.75. The maximum atomic E-state index is 11.4. The summed E-state index contributed by atoms with van der Waals surface area (Å²) in [6, 6.07) is 1.41. The van der Waals surface area contributed by atoms with Gasteiger partial charge in [-0.15, -0.1) is 0 Å². The number of aromatic nitrogens is 2. The quantitative estimate of drug-likeness (QED) is 0.681. The molecule has 1 aliphatic carbocycles. The van der Waals surface area contributed by atoms with E-state index in [9.17, 15) is 9.59 Å². The Morgan fingerprint density at radius 3 is 3.00 bits per heavy atom. The Bertz CT molecular complexity index is 465. The van der Waals surface area contributed by atoms with Gasteiger partial charge < -0.3 is 15.6 Å². The van der Waals surface area contributed by atoms with Crippen LogP contribution in [0, 0.1) is 0 Å². The van der Waals surface area contributed by atoms with E-state index in [0.29, 0.717) is 24.7 Å². The van der Waals surface area contributed by atoms with E-state index >= 15 is 0 Å². The molecule has 0 radical (unpaired) electrons. The molecule has 3 N–H and O–H groups in total. The molecule has 0 atom stereocenters. The van der Waals surface area contributed by atoms with Crippen molar-refractivity contribution in [3.8, 4) is 0 Å². The van der Waals surface area contributed by atoms with Gasteiger partial charge in [0.25, 0.3) is 5.56 Å². The molecule has 1 aromatic heterocycles. The summed E-state index contributed by atoms with van der Waals surface area (Å²) in [5.41, 5.74) is -0.149. The molecule has 1 amide bonds. The Labute approximate surface area is 98.8 Å². The van der Waals surface area contributed by atoms with E-state index in [-0.39, 0.29) is 11.5 Å². The molecule has 0 unspecified atom stereocenters. The second-order valence-corrected chi connectivity index (χ2v) is 4.14. The van der Waals surface area contributed by atoms with Crippen molar-refractivity contribution < 1.29 is 4.79 Å². The second-order valence-electron chi connectivity index (χ2n) is 4.14. The van der Waals surface area contributed by atoms with Crippen molar-refractivity contribution >= 4 is 11.7 Å². The molecule has 6 nitrogen and oxygen atoms in total. The number of hydrogen-bond acceptors (Lipinski definition) is 4. The van der Waals surface area contributed by atoms with Crippen molar-refractivity contribution in [3.63, 3.8) is 0 Å². The van der Waals surface area contributed by atoms with Crippen LogP contribution in [-0.2, 0) is 4.79 Å². The van der Waals surface area contributed by atoms with E-state index in [4.69, 9.17) is 0 Å². The molecule has 1 heterocycles. The average molecular weight is 236 g/mol. The zero-order valence-corrected chi connectivity index (χ0v) is 9.75. The third-order valence-corrected chi connectivity index (χ3v) is 2.66. The molecule has 92 valence electrons. The van der Waals surface area contributed by atoms with Crippen LogP contribution in [0.4, 0.5) is 5.82 Å². The Morgan fingerprint density at radius 2 is 2.35 bits per heavy atom. The minimum absolute atomic E-state index is 0.0373. The van der Waals surface area contributed by atoms with Crippen molar-refractivity contribution in [1.29, 1.82) is 0 Å². The number of rotatable bonds is 5. The fourth-order valence-electron chi connectivity index (χ4n) is 1.55. The molecule has 1 saturated carbocycles. The van der Waals surface area contributed by atoms with E-state index in [1.165, 1.54) is 6.07 Å². The lowest BCUT2D eigenvalue weighted by Gasteiger charge is -2.06. The standard InChI is InChI=1S/C11H16N4O2/c1-12-9(16)4-5-13-8-6-10(17)15-11(14-8)7-2-3-7/h6-7H,2-5H2,1H3,(H,12,16)(H2,13,14,15,17). The Balaban J connectivity index is 1.95. The normalized spacial score (nSPS) is 14.4. The van der Waals surface area contributed by atoms with Gasteiger partial charge in [-0.1, -0.05) is 0 Å². The van der Waals surface area contributed by atoms with Crippen LogP contribution < -0.4 is 16.2 Å². The maximum absolute atomic E-state index is 11.4. The molecule has 0 aliphatic heterocycles. The number of amides is 1. The smallest absolute Gasteiger partial charge is 0.252 e. The molecular weight excluding hydrogens is 220 g/mol. The monoisotopic (exact) mass is 236 g/mol. The first-order valence-corrected chi connectivity index (χ1v) is 5.75. The average Bonchev–Trinajstić information content (AvgIpc) is 3.12. The molecule has 0 saturated heterocycles. The van der Waals surface area contributed by atoms with Crippen molar-refractivity contribution in [2.75, 3.05) is 18.9 Å². The maximum Gasteiger partial charge on any atom is 0.252 e. The van der Waals surface area contributed by atoms with Crippen LogP contribution in [0.1, 0.15) is 31.0 Å². The van der Waals surface area contributed by atoms with Gasteiger partial charge in [0.1, 0.15) is 11.6 Å². The predicted octanol–water partition coefficient (Wildman–Crippen LogP) is 0.195. The van der Waals surface area contributed by atoms with Crippen molar-refractivity contribution in [2.45, 2.75) is 25.2 Å². The molecule has 1 aliphatic rings. The lowest BCUT2D eigenvalue weighted by Crippen LogP contribution is -2.21. The van der Waals surface area contributed by atoms with Gasteiger partial charge in [0.15, 0.2) is 0 Å². The fourth-order valence-corrected chi connectivity index (χ4v) is 1.55. The van der Waals surface area contributed by atoms with Gasteiger partial charge in [0.05, 0.1) is 0 Å². The van der Waals surface area contributed by atoms with Crippen molar-refractivity contribution in [2.24, 2.45) is 0 Å². The second kappa shape index (κ2) is 4.99. The van der Waals surface area contributed by atoms with Gasteiger partial charge in [-0.3, -0.25) is 9.59 Å². The first-order chi connectivity index (χ1) is 8.19. The molecule has 1 fully saturated rings. The highest BCUT2D eigenvalue weighted by Gasteiger charge is 2.26. The minimum atomic E-state index is -0.149. The zero-order chi connectivity index (χ0) is 12.3. The first kappa shape index (κ1) is 11.6. The summed E-state index contributed by atoms with van der Waals surface area (Å²) in [6.45, 7) is 0.472. The number of carbonyl (C=O) groups excluding carboxylic acids is 1. The van der Waals surface area contributed by atoms with Crippen LogP contribution in [0.5, 0.6) is 0 Å². The summed E-state index contributed by atoms with van der Waals surface area (Å²) < 4.78 is 0. The van der Waals surface area contributed by atoms with E-state index in [1.807, 2.05) is 0 Å². The molecule has 0 spiro atoms. The molecule has 0 bridgehead atoms. The largest absolute Gasteiger partial charge is 0.369 e. The van der Waals surface area contributed by atoms with E-state index in [2.05, 4.69) is 20.6 Å². The third-order valence-electron chi connectivity index (χ3n) is 2.66. The Morgan fingerprint density at radius 1 is 1.59 bits per heavy atom. The van der Waals surface area contributed by atoms with Gasteiger partial charge in [-0.05, 0) is 12.8 Å². The van der Waals surface area contributed by atoms with Gasteiger partial charge in [-0.2, -0.15) is 0 Å². The number of hydrogen-bond donors (Lipinski definition) is 3. The highest BCUT2D eigenvalue weighted by Crippen LogP contribution is 2.37. The molecular formula is C11H16N4O2. The van der Waals surface area contributed by atoms with Crippen LogP contribution in [0.25, 0.3) is 0 Å². The molecule has 0 aromatic carbocycles. The SMILES string of the molecule is CNC(=O)CCNc1cc(=O)[nH]c(C2CC2)n1. The van der Waals surface area contributed by atoms with E-state index in [0.717, 1.165) is 18.7 Å². The topological polar surface area (TPSA) is 86.9 Å². The number of nitrogens with one attached hydrogen (secondary N) is 3. The van der Waals surface area contributed by atoms with Gasteiger partial charge >= 0.3 is 0 Å². The summed E-state index contributed by atoms with van der Waals surface area (Å²) >= 11 is 0. The van der Waals surface area contributed by atoms with Crippen molar-refractivity contribution in [1.82, 2.24) is 15.3 Å². The number of nitrogens with zero attached hydrogens (tertiary/aromatic N) is 1. The first-order valence-electron chi connectivity index (χ1n) is 5.75. The summed E-state index contributed by atoms with van der Waals surface area (Å²) in [7, 11) is 1.60. The summed E-state index contributed by atoms with van der Waals surface area (Å²) in [5, 5.41) is 5.52.